The van der Waals surface area contributed by atoms with Gasteiger partial charge in [0.25, 0.3) is 0 Å². The number of aryl methyl sites for hydroxylation is 2. The van der Waals surface area contributed by atoms with E-state index in [9.17, 15) is 8.42 Å². The molecule has 0 radical (unpaired) electrons. The van der Waals surface area contributed by atoms with Crippen LogP contribution in [0.2, 0.25) is 0 Å². The fourth-order valence-electron chi connectivity index (χ4n) is 1.77. The summed E-state index contributed by atoms with van der Waals surface area (Å²) in [5.74, 6) is 0.957. The normalized spacial score (nSPS) is 11.6. The maximum Gasteiger partial charge on any atom is 0.240 e. The Morgan fingerprint density at radius 3 is 2.63 bits per heavy atom. The van der Waals surface area contributed by atoms with Crippen molar-refractivity contribution in [1.82, 2.24) is 14.3 Å². The van der Waals surface area contributed by atoms with Gasteiger partial charge < -0.3 is 4.57 Å². The van der Waals surface area contributed by atoms with Crippen LogP contribution in [0, 0.1) is 0 Å². The van der Waals surface area contributed by atoms with Crippen molar-refractivity contribution in [2.75, 3.05) is 6.54 Å². The van der Waals surface area contributed by atoms with E-state index in [0.29, 0.717) is 11.4 Å². The second-order valence-corrected chi connectivity index (χ2v) is 6.04. The SMILES string of the molecule is Cn1ccnc1CCCNS(=O)(=O)c1ccccc1. The third kappa shape index (κ3) is 3.65. The topological polar surface area (TPSA) is 64.0 Å². The number of imidazole rings is 1. The summed E-state index contributed by atoms with van der Waals surface area (Å²) in [6.45, 7) is 0.407. The summed E-state index contributed by atoms with van der Waals surface area (Å²) in [5.41, 5.74) is 0. The fourth-order valence-corrected chi connectivity index (χ4v) is 2.87. The second kappa shape index (κ2) is 5.99. The molecule has 102 valence electrons. The van der Waals surface area contributed by atoms with Crippen LogP contribution in [0.5, 0.6) is 0 Å². The fraction of sp³-hybridized carbons (Fsp3) is 0.308. The van der Waals surface area contributed by atoms with E-state index in [2.05, 4.69) is 9.71 Å². The lowest BCUT2D eigenvalue weighted by molar-refractivity contribution is 0.577. The van der Waals surface area contributed by atoms with Gasteiger partial charge in [0.1, 0.15) is 5.82 Å². The molecule has 1 N–H and O–H groups in total. The van der Waals surface area contributed by atoms with E-state index < -0.39 is 10.0 Å². The summed E-state index contributed by atoms with van der Waals surface area (Å²) in [5, 5.41) is 0. The van der Waals surface area contributed by atoms with Crippen molar-refractivity contribution in [1.29, 1.82) is 0 Å². The molecule has 0 amide bonds. The molecule has 0 atom stereocenters. The Morgan fingerprint density at radius 2 is 2.00 bits per heavy atom. The number of aromatic nitrogens is 2. The van der Waals surface area contributed by atoms with E-state index in [4.69, 9.17) is 0 Å². The van der Waals surface area contributed by atoms with Gasteiger partial charge in [0.2, 0.25) is 10.0 Å². The predicted molar refractivity (Wildman–Crippen MR) is 73.2 cm³/mol. The Bertz CT molecular complexity index is 620. The van der Waals surface area contributed by atoms with Gasteiger partial charge in [-0.3, -0.25) is 0 Å². The van der Waals surface area contributed by atoms with Gasteiger partial charge in [-0.15, -0.1) is 0 Å². The highest BCUT2D eigenvalue weighted by molar-refractivity contribution is 7.89. The average Bonchev–Trinajstić information content (AvgIpc) is 2.81. The molecule has 0 aliphatic carbocycles. The summed E-state index contributed by atoms with van der Waals surface area (Å²) >= 11 is 0. The lowest BCUT2D eigenvalue weighted by Gasteiger charge is -2.06. The minimum absolute atomic E-state index is 0.298. The largest absolute Gasteiger partial charge is 0.338 e. The summed E-state index contributed by atoms with van der Waals surface area (Å²) in [4.78, 5) is 4.49. The molecule has 1 aromatic heterocycles. The monoisotopic (exact) mass is 279 g/mol. The lowest BCUT2D eigenvalue weighted by atomic mass is 10.3. The molecule has 2 rings (SSSR count). The highest BCUT2D eigenvalue weighted by Gasteiger charge is 2.12. The average molecular weight is 279 g/mol. The Morgan fingerprint density at radius 1 is 1.26 bits per heavy atom. The summed E-state index contributed by atoms with van der Waals surface area (Å²) < 4.78 is 28.4. The zero-order valence-electron chi connectivity index (χ0n) is 10.8. The molecule has 1 aromatic carbocycles. The van der Waals surface area contributed by atoms with E-state index in [-0.39, 0.29) is 0 Å². The molecule has 0 bridgehead atoms. The van der Waals surface area contributed by atoms with Crippen molar-refractivity contribution in [2.45, 2.75) is 17.7 Å². The molecule has 0 spiro atoms. The molecule has 19 heavy (non-hydrogen) atoms. The van der Waals surface area contributed by atoms with Crippen LogP contribution >= 0.6 is 0 Å². The molecule has 0 unspecified atom stereocenters. The summed E-state index contributed by atoms with van der Waals surface area (Å²) in [6.07, 6.45) is 5.09. The summed E-state index contributed by atoms with van der Waals surface area (Å²) in [6, 6.07) is 8.38. The first-order chi connectivity index (χ1) is 9.09. The molecular weight excluding hydrogens is 262 g/mol. The van der Waals surface area contributed by atoms with Crippen molar-refractivity contribution in [3.8, 4) is 0 Å². The van der Waals surface area contributed by atoms with E-state index >= 15 is 0 Å². The minimum atomic E-state index is -3.39. The zero-order valence-corrected chi connectivity index (χ0v) is 11.6. The molecule has 6 heteroatoms. The van der Waals surface area contributed by atoms with Gasteiger partial charge in [0, 0.05) is 32.4 Å². The number of nitrogens with one attached hydrogen (secondary N) is 1. The number of hydrogen-bond donors (Lipinski definition) is 1. The predicted octanol–water partition coefficient (Wildman–Crippen LogP) is 1.33. The maximum atomic E-state index is 11.9. The van der Waals surface area contributed by atoms with Crippen LogP contribution in [0.3, 0.4) is 0 Å². The second-order valence-electron chi connectivity index (χ2n) is 4.27. The highest BCUT2D eigenvalue weighted by Crippen LogP contribution is 2.07. The minimum Gasteiger partial charge on any atom is -0.338 e. The number of benzene rings is 1. The third-order valence-electron chi connectivity index (χ3n) is 2.84. The Labute approximate surface area is 113 Å². The molecular formula is C13H17N3O2S. The quantitative estimate of drug-likeness (QED) is 0.811. The number of hydrogen-bond acceptors (Lipinski definition) is 3. The van der Waals surface area contributed by atoms with Gasteiger partial charge in [0.05, 0.1) is 4.90 Å². The Balaban J connectivity index is 1.84. The first-order valence-corrected chi connectivity index (χ1v) is 7.59. The van der Waals surface area contributed by atoms with E-state index in [1.54, 1.807) is 36.5 Å². The first-order valence-electron chi connectivity index (χ1n) is 6.10. The maximum absolute atomic E-state index is 11.9. The van der Waals surface area contributed by atoms with Crippen molar-refractivity contribution in [3.05, 3.63) is 48.5 Å². The Hall–Kier alpha value is -1.66. The standard InChI is InChI=1S/C13H17N3O2S/c1-16-11-10-14-13(16)8-5-9-15-19(17,18)12-6-3-2-4-7-12/h2-4,6-7,10-11,15H,5,8-9H2,1H3. The molecule has 2 aromatic rings. The van der Waals surface area contributed by atoms with Gasteiger partial charge in [0.15, 0.2) is 0 Å². The smallest absolute Gasteiger partial charge is 0.240 e. The molecule has 0 aliphatic rings. The van der Waals surface area contributed by atoms with Crippen LogP contribution < -0.4 is 4.72 Å². The van der Waals surface area contributed by atoms with Gasteiger partial charge in [-0.05, 0) is 18.6 Å². The molecule has 0 saturated heterocycles. The van der Waals surface area contributed by atoms with Crippen LogP contribution in [-0.2, 0) is 23.5 Å². The van der Waals surface area contributed by atoms with Crippen molar-refractivity contribution in [3.63, 3.8) is 0 Å². The highest BCUT2D eigenvalue weighted by atomic mass is 32.2. The lowest BCUT2D eigenvalue weighted by Crippen LogP contribution is -2.25. The van der Waals surface area contributed by atoms with Crippen LogP contribution in [0.4, 0.5) is 0 Å². The Kier molecular flexibility index (Phi) is 4.34. The van der Waals surface area contributed by atoms with Gasteiger partial charge in [-0.2, -0.15) is 0 Å². The molecule has 0 saturated carbocycles. The number of rotatable bonds is 6. The number of sulfonamides is 1. The number of nitrogens with zero attached hydrogens (tertiary/aromatic N) is 2. The van der Waals surface area contributed by atoms with Crippen LogP contribution in [0.15, 0.2) is 47.6 Å². The molecule has 5 nitrogen and oxygen atoms in total. The van der Waals surface area contributed by atoms with Gasteiger partial charge in [-0.25, -0.2) is 18.1 Å². The van der Waals surface area contributed by atoms with Crippen molar-refractivity contribution < 1.29 is 8.42 Å². The van der Waals surface area contributed by atoms with E-state index in [0.717, 1.165) is 18.7 Å². The third-order valence-corrected chi connectivity index (χ3v) is 4.32. The molecule has 0 aliphatic heterocycles. The first kappa shape index (κ1) is 13.8. The van der Waals surface area contributed by atoms with Crippen molar-refractivity contribution in [2.24, 2.45) is 7.05 Å². The van der Waals surface area contributed by atoms with E-state index in [1.807, 2.05) is 17.8 Å². The van der Waals surface area contributed by atoms with Gasteiger partial charge in [-0.1, -0.05) is 18.2 Å². The van der Waals surface area contributed by atoms with Crippen molar-refractivity contribution >= 4 is 10.0 Å². The van der Waals surface area contributed by atoms with Crippen LogP contribution in [0.25, 0.3) is 0 Å². The zero-order chi connectivity index (χ0) is 13.7. The van der Waals surface area contributed by atoms with Crippen LogP contribution in [-0.4, -0.2) is 24.5 Å². The van der Waals surface area contributed by atoms with Crippen LogP contribution in [0.1, 0.15) is 12.2 Å². The molecule has 1 heterocycles. The summed E-state index contributed by atoms with van der Waals surface area (Å²) in [7, 11) is -1.46. The van der Waals surface area contributed by atoms with Gasteiger partial charge >= 0.3 is 0 Å². The molecule has 0 fully saturated rings. The van der Waals surface area contributed by atoms with E-state index in [1.165, 1.54) is 0 Å².